The zero-order valence-electron chi connectivity index (χ0n) is 19.0. The Kier molecular flexibility index (Phi) is 7.12. The summed E-state index contributed by atoms with van der Waals surface area (Å²) in [6, 6.07) is 12.2. The molecule has 0 spiro atoms. The second-order valence-corrected chi connectivity index (χ2v) is 8.45. The van der Waals surface area contributed by atoms with Crippen LogP contribution in [0.25, 0.3) is 0 Å². The second kappa shape index (κ2) is 10.4. The number of halogens is 1. The van der Waals surface area contributed by atoms with E-state index in [0.717, 1.165) is 42.1 Å². The normalized spacial score (nSPS) is 15.8. The molecule has 1 aliphatic heterocycles. The Balaban J connectivity index is 1.38. The summed E-state index contributed by atoms with van der Waals surface area (Å²) in [6.07, 6.45) is 5.71. The van der Waals surface area contributed by atoms with E-state index in [9.17, 15) is 9.18 Å². The van der Waals surface area contributed by atoms with Crippen molar-refractivity contribution in [1.82, 2.24) is 19.9 Å². The summed E-state index contributed by atoms with van der Waals surface area (Å²) >= 11 is 0. The predicted octanol–water partition coefficient (Wildman–Crippen LogP) is 4.30. The fraction of sp³-hybridized carbons (Fsp3) is 0.360. The molecule has 0 radical (unpaired) electrons. The van der Waals surface area contributed by atoms with Crippen LogP contribution in [-0.4, -0.2) is 52.4 Å². The number of nitrogens with one attached hydrogen (secondary N) is 1. The third-order valence-corrected chi connectivity index (χ3v) is 5.90. The van der Waals surface area contributed by atoms with Crippen molar-refractivity contribution in [1.29, 1.82) is 0 Å². The first-order chi connectivity index (χ1) is 16.0. The number of anilines is 3. The fourth-order valence-electron chi connectivity index (χ4n) is 4.18. The van der Waals surface area contributed by atoms with E-state index in [4.69, 9.17) is 4.98 Å². The number of hydrogen-bond acceptors (Lipinski definition) is 6. The van der Waals surface area contributed by atoms with E-state index in [0.29, 0.717) is 25.5 Å². The summed E-state index contributed by atoms with van der Waals surface area (Å²) in [4.78, 5) is 30.0. The summed E-state index contributed by atoms with van der Waals surface area (Å²) in [7, 11) is 1.88. The van der Waals surface area contributed by atoms with Gasteiger partial charge in [0.2, 0.25) is 11.9 Å². The first-order valence-corrected chi connectivity index (χ1v) is 11.2. The summed E-state index contributed by atoms with van der Waals surface area (Å²) in [5.41, 5.74) is 3.54. The molecular formula is C25H29FN6O. The first-order valence-electron chi connectivity index (χ1n) is 11.2. The van der Waals surface area contributed by atoms with Crippen LogP contribution in [0, 0.1) is 12.7 Å². The van der Waals surface area contributed by atoms with E-state index in [2.05, 4.69) is 15.3 Å². The van der Waals surface area contributed by atoms with Crippen LogP contribution in [0.15, 0.2) is 54.9 Å². The number of likely N-dealkylation sites (tertiary alicyclic amines) is 1. The number of nitrogens with zero attached hydrogens (tertiary/aromatic N) is 5. The maximum Gasteiger partial charge on any atom is 0.227 e. The van der Waals surface area contributed by atoms with E-state index in [1.54, 1.807) is 24.5 Å². The van der Waals surface area contributed by atoms with Crippen molar-refractivity contribution in [3.63, 3.8) is 0 Å². The van der Waals surface area contributed by atoms with E-state index in [1.807, 2.05) is 42.0 Å². The van der Waals surface area contributed by atoms with Gasteiger partial charge in [0.1, 0.15) is 5.82 Å². The zero-order chi connectivity index (χ0) is 23.2. The SMILES string of the molecule is Cc1cc(Nc2ncccn2)cc(C2CCCN(C(=O)CCN(C)c3cccc(F)c3)C2)n1. The Morgan fingerprint density at radius 2 is 2.03 bits per heavy atom. The standard InChI is InChI=1S/C25H29FN6O/c1-18-14-21(30-25-27-10-5-11-28-25)16-23(29-18)19-6-4-12-32(17-19)24(33)9-13-31(2)22-8-3-7-20(26)15-22/h3,5,7-8,10-11,14-16,19H,4,6,9,12-13,17H2,1-2H3,(H,27,28,29,30). The molecule has 1 saturated heterocycles. The molecule has 2 aromatic heterocycles. The molecular weight excluding hydrogens is 419 g/mol. The topological polar surface area (TPSA) is 74.2 Å². The van der Waals surface area contributed by atoms with Gasteiger partial charge in [0.25, 0.3) is 0 Å². The van der Waals surface area contributed by atoms with Gasteiger partial charge >= 0.3 is 0 Å². The fourth-order valence-corrected chi connectivity index (χ4v) is 4.18. The van der Waals surface area contributed by atoms with E-state index >= 15 is 0 Å². The lowest BCUT2D eigenvalue weighted by Crippen LogP contribution is -2.40. The number of pyridine rings is 1. The maximum absolute atomic E-state index is 13.5. The van der Waals surface area contributed by atoms with E-state index in [-0.39, 0.29) is 17.6 Å². The van der Waals surface area contributed by atoms with Crippen molar-refractivity contribution in [2.75, 3.05) is 36.9 Å². The number of rotatable bonds is 7. The molecule has 3 heterocycles. The van der Waals surface area contributed by atoms with Crippen LogP contribution >= 0.6 is 0 Å². The molecule has 1 unspecified atom stereocenters. The molecule has 1 aromatic carbocycles. The lowest BCUT2D eigenvalue weighted by Gasteiger charge is -2.33. The van der Waals surface area contributed by atoms with Crippen molar-refractivity contribution in [2.24, 2.45) is 0 Å². The number of hydrogen-bond donors (Lipinski definition) is 1. The number of benzene rings is 1. The molecule has 1 fully saturated rings. The van der Waals surface area contributed by atoms with Crippen molar-refractivity contribution in [2.45, 2.75) is 32.1 Å². The third-order valence-electron chi connectivity index (χ3n) is 5.90. The number of amides is 1. The minimum absolute atomic E-state index is 0.117. The van der Waals surface area contributed by atoms with Gasteiger partial charge in [-0.3, -0.25) is 9.78 Å². The number of aromatic nitrogens is 3. The van der Waals surface area contributed by atoms with Crippen molar-refractivity contribution in [3.8, 4) is 0 Å². The van der Waals surface area contributed by atoms with Gasteiger partial charge in [0, 0.05) is 74.2 Å². The molecule has 7 nitrogen and oxygen atoms in total. The quantitative estimate of drug-likeness (QED) is 0.581. The molecule has 1 atom stereocenters. The van der Waals surface area contributed by atoms with Gasteiger partial charge in [-0.1, -0.05) is 6.07 Å². The van der Waals surface area contributed by atoms with E-state index < -0.39 is 0 Å². The number of carbonyl (C=O) groups excluding carboxylic acids is 1. The van der Waals surface area contributed by atoms with Crippen LogP contribution in [0.5, 0.6) is 0 Å². The van der Waals surface area contributed by atoms with Gasteiger partial charge in [0.15, 0.2) is 0 Å². The number of aryl methyl sites for hydroxylation is 1. The van der Waals surface area contributed by atoms with E-state index in [1.165, 1.54) is 12.1 Å². The Morgan fingerprint density at radius 3 is 2.82 bits per heavy atom. The van der Waals surface area contributed by atoms with Crippen LogP contribution in [-0.2, 0) is 4.79 Å². The van der Waals surface area contributed by atoms with Gasteiger partial charge in [-0.25, -0.2) is 14.4 Å². The number of carbonyl (C=O) groups is 1. The molecule has 1 aliphatic rings. The third kappa shape index (κ3) is 6.03. The Morgan fingerprint density at radius 1 is 1.21 bits per heavy atom. The van der Waals surface area contributed by atoms with Crippen molar-refractivity contribution >= 4 is 23.2 Å². The molecule has 33 heavy (non-hydrogen) atoms. The highest BCUT2D eigenvalue weighted by molar-refractivity contribution is 5.77. The molecule has 8 heteroatoms. The monoisotopic (exact) mass is 448 g/mol. The van der Waals surface area contributed by atoms with Crippen molar-refractivity contribution < 1.29 is 9.18 Å². The van der Waals surface area contributed by atoms with Gasteiger partial charge in [-0.2, -0.15) is 0 Å². The highest BCUT2D eigenvalue weighted by Crippen LogP contribution is 2.29. The van der Waals surface area contributed by atoms with Crippen LogP contribution in [0.3, 0.4) is 0 Å². The molecule has 0 saturated carbocycles. The molecule has 1 amide bonds. The smallest absolute Gasteiger partial charge is 0.227 e. The highest BCUT2D eigenvalue weighted by atomic mass is 19.1. The zero-order valence-corrected chi connectivity index (χ0v) is 19.0. The maximum atomic E-state index is 13.5. The van der Waals surface area contributed by atoms with Gasteiger partial charge in [-0.05, 0) is 56.2 Å². The summed E-state index contributed by atoms with van der Waals surface area (Å²) in [5.74, 6) is 0.562. The molecule has 4 rings (SSSR count). The summed E-state index contributed by atoms with van der Waals surface area (Å²) in [6.45, 7) is 3.92. The van der Waals surface area contributed by atoms with Crippen LogP contribution in [0.2, 0.25) is 0 Å². The molecule has 3 aromatic rings. The predicted molar refractivity (Wildman–Crippen MR) is 127 cm³/mol. The van der Waals surface area contributed by atoms with Crippen LogP contribution in [0.4, 0.5) is 21.7 Å². The largest absolute Gasteiger partial charge is 0.374 e. The average molecular weight is 449 g/mol. The van der Waals surface area contributed by atoms with Gasteiger partial charge in [-0.15, -0.1) is 0 Å². The first kappa shape index (κ1) is 22.6. The molecule has 1 N–H and O–H groups in total. The Bertz CT molecular complexity index is 1090. The Labute approximate surface area is 193 Å². The molecule has 0 aliphatic carbocycles. The van der Waals surface area contributed by atoms with Crippen LogP contribution in [0.1, 0.15) is 36.6 Å². The Hall–Kier alpha value is -3.55. The average Bonchev–Trinajstić information content (AvgIpc) is 2.82. The summed E-state index contributed by atoms with van der Waals surface area (Å²) in [5, 5.41) is 3.24. The second-order valence-electron chi connectivity index (χ2n) is 8.45. The summed E-state index contributed by atoms with van der Waals surface area (Å²) < 4.78 is 13.5. The van der Waals surface area contributed by atoms with Crippen molar-refractivity contribution in [3.05, 3.63) is 72.1 Å². The molecule has 0 bridgehead atoms. The highest BCUT2D eigenvalue weighted by Gasteiger charge is 2.26. The minimum atomic E-state index is -0.275. The lowest BCUT2D eigenvalue weighted by atomic mass is 9.93. The lowest BCUT2D eigenvalue weighted by molar-refractivity contribution is -0.132. The van der Waals surface area contributed by atoms with Gasteiger partial charge < -0.3 is 15.1 Å². The number of piperidine rings is 1. The molecule has 172 valence electrons. The van der Waals surface area contributed by atoms with Crippen LogP contribution < -0.4 is 10.2 Å². The minimum Gasteiger partial charge on any atom is -0.374 e. The van der Waals surface area contributed by atoms with Gasteiger partial charge in [0.05, 0.1) is 0 Å².